The Morgan fingerprint density at radius 2 is 1.89 bits per heavy atom. The van der Waals surface area contributed by atoms with E-state index in [1.807, 2.05) is 27.7 Å². The molecule has 3 N–H and O–H groups in total. The molecular weight excluding hydrogens is 345 g/mol. The molecule has 27 heavy (non-hydrogen) atoms. The SMILES string of the molecule is CC(COc1ccc(Nc2ccc(F)cc2)c(C=N)c1)NC(=O)C(C)(C)C. The highest BCUT2D eigenvalue weighted by Crippen LogP contribution is 2.24. The van der Waals surface area contributed by atoms with Gasteiger partial charge in [-0.3, -0.25) is 4.79 Å². The zero-order valence-electron chi connectivity index (χ0n) is 16.1. The molecule has 2 rings (SSSR count). The lowest BCUT2D eigenvalue weighted by molar-refractivity contribution is -0.129. The molecule has 0 saturated carbocycles. The van der Waals surface area contributed by atoms with E-state index in [1.54, 1.807) is 30.3 Å². The van der Waals surface area contributed by atoms with E-state index in [0.29, 0.717) is 17.9 Å². The standard InChI is InChI=1S/C21H26FN3O2/c1-14(24-20(26)21(2,3)4)13-27-18-9-10-19(15(11-18)12-23)25-17-7-5-16(22)6-8-17/h5-12,14,23,25H,13H2,1-4H3,(H,24,26). The van der Waals surface area contributed by atoms with E-state index in [-0.39, 0.29) is 17.8 Å². The van der Waals surface area contributed by atoms with Crippen LogP contribution in [0.2, 0.25) is 0 Å². The number of rotatable bonds is 7. The number of nitrogens with one attached hydrogen (secondary N) is 3. The Balaban J connectivity index is 2.00. The predicted octanol–water partition coefficient (Wildman–Crippen LogP) is 4.50. The van der Waals surface area contributed by atoms with Crippen molar-refractivity contribution < 1.29 is 13.9 Å². The molecule has 0 fully saturated rings. The van der Waals surface area contributed by atoms with Gasteiger partial charge in [-0.1, -0.05) is 20.8 Å². The Labute approximate surface area is 159 Å². The highest BCUT2D eigenvalue weighted by atomic mass is 19.1. The van der Waals surface area contributed by atoms with Gasteiger partial charge in [0.1, 0.15) is 18.2 Å². The van der Waals surface area contributed by atoms with Gasteiger partial charge in [0.05, 0.1) is 6.04 Å². The van der Waals surface area contributed by atoms with Gasteiger partial charge in [0.15, 0.2) is 0 Å². The van der Waals surface area contributed by atoms with Crippen LogP contribution >= 0.6 is 0 Å². The largest absolute Gasteiger partial charge is 0.491 e. The summed E-state index contributed by atoms with van der Waals surface area (Å²) in [6, 6.07) is 11.2. The Kier molecular flexibility index (Phi) is 6.55. The van der Waals surface area contributed by atoms with Crippen LogP contribution in [0.1, 0.15) is 33.3 Å². The minimum Gasteiger partial charge on any atom is -0.491 e. The average molecular weight is 371 g/mol. The second-order valence-corrected chi connectivity index (χ2v) is 7.46. The highest BCUT2D eigenvalue weighted by molar-refractivity contribution is 5.88. The molecule has 0 heterocycles. The van der Waals surface area contributed by atoms with Crippen molar-refractivity contribution in [1.29, 1.82) is 5.41 Å². The first kappa shape index (κ1) is 20.4. The molecule has 6 heteroatoms. The molecule has 1 unspecified atom stereocenters. The third-order valence-corrected chi connectivity index (χ3v) is 3.86. The molecule has 0 aliphatic heterocycles. The molecule has 0 aliphatic rings. The summed E-state index contributed by atoms with van der Waals surface area (Å²) in [5, 5.41) is 13.7. The lowest BCUT2D eigenvalue weighted by Crippen LogP contribution is -2.42. The monoisotopic (exact) mass is 371 g/mol. The number of halogens is 1. The first-order valence-electron chi connectivity index (χ1n) is 8.80. The molecule has 1 amide bonds. The number of hydrogen-bond donors (Lipinski definition) is 3. The van der Waals surface area contributed by atoms with Crippen molar-refractivity contribution in [2.24, 2.45) is 5.41 Å². The summed E-state index contributed by atoms with van der Waals surface area (Å²) < 4.78 is 18.8. The third-order valence-electron chi connectivity index (χ3n) is 3.86. The van der Waals surface area contributed by atoms with Crippen LogP contribution in [0.3, 0.4) is 0 Å². The van der Waals surface area contributed by atoms with Gasteiger partial charge in [-0.15, -0.1) is 0 Å². The summed E-state index contributed by atoms with van der Waals surface area (Å²) in [6.07, 6.45) is 1.23. The zero-order valence-corrected chi connectivity index (χ0v) is 16.1. The van der Waals surface area contributed by atoms with Gasteiger partial charge in [0.25, 0.3) is 0 Å². The molecule has 5 nitrogen and oxygen atoms in total. The normalized spacial score (nSPS) is 12.2. The molecule has 0 saturated heterocycles. The Morgan fingerprint density at radius 1 is 1.22 bits per heavy atom. The second-order valence-electron chi connectivity index (χ2n) is 7.46. The second kappa shape index (κ2) is 8.66. The highest BCUT2D eigenvalue weighted by Gasteiger charge is 2.22. The topological polar surface area (TPSA) is 74.2 Å². The van der Waals surface area contributed by atoms with Gasteiger partial charge in [0.2, 0.25) is 5.91 Å². The molecule has 0 spiro atoms. The van der Waals surface area contributed by atoms with Gasteiger partial charge in [-0.05, 0) is 49.4 Å². The molecule has 2 aromatic carbocycles. The maximum atomic E-state index is 13.0. The summed E-state index contributed by atoms with van der Waals surface area (Å²) in [7, 11) is 0. The number of amides is 1. The zero-order chi connectivity index (χ0) is 20.0. The van der Waals surface area contributed by atoms with Crippen LogP contribution in [-0.2, 0) is 4.79 Å². The Bertz CT molecular complexity index is 798. The fraction of sp³-hybridized carbons (Fsp3) is 0.333. The maximum absolute atomic E-state index is 13.0. The molecule has 0 aromatic heterocycles. The predicted molar refractivity (Wildman–Crippen MR) is 107 cm³/mol. The van der Waals surface area contributed by atoms with Crippen LogP contribution in [-0.4, -0.2) is 24.8 Å². The number of anilines is 2. The van der Waals surface area contributed by atoms with Crippen molar-refractivity contribution >= 4 is 23.5 Å². The number of carbonyl (C=O) groups excluding carboxylic acids is 1. The Hall–Kier alpha value is -2.89. The van der Waals surface area contributed by atoms with Crippen LogP contribution in [0.4, 0.5) is 15.8 Å². The van der Waals surface area contributed by atoms with Crippen LogP contribution in [0.5, 0.6) is 5.75 Å². The summed E-state index contributed by atoms with van der Waals surface area (Å²) in [5.74, 6) is 0.275. The van der Waals surface area contributed by atoms with Gasteiger partial charge in [0, 0.05) is 28.6 Å². The van der Waals surface area contributed by atoms with Crippen LogP contribution in [0, 0.1) is 16.6 Å². The Morgan fingerprint density at radius 3 is 2.48 bits per heavy atom. The maximum Gasteiger partial charge on any atom is 0.225 e. The molecule has 2 aromatic rings. The van der Waals surface area contributed by atoms with Gasteiger partial charge < -0.3 is 20.8 Å². The number of hydrogen-bond acceptors (Lipinski definition) is 4. The van der Waals surface area contributed by atoms with Gasteiger partial charge in [-0.2, -0.15) is 0 Å². The van der Waals surface area contributed by atoms with E-state index in [0.717, 1.165) is 11.4 Å². The quantitative estimate of drug-likeness (QED) is 0.628. The lowest BCUT2D eigenvalue weighted by Gasteiger charge is -2.22. The van der Waals surface area contributed by atoms with Crippen molar-refractivity contribution in [1.82, 2.24) is 5.32 Å². The summed E-state index contributed by atoms with van der Waals surface area (Å²) in [5.41, 5.74) is 1.64. The molecule has 1 atom stereocenters. The van der Waals surface area contributed by atoms with Crippen molar-refractivity contribution in [3.8, 4) is 5.75 Å². The van der Waals surface area contributed by atoms with Crippen molar-refractivity contribution in [3.63, 3.8) is 0 Å². The van der Waals surface area contributed by atoms with Gasteiger partial charge >= 0.3 is 0 Å². The molecule has 0 aliphatic carbocycles. The fourth-order valence-electron chi connectivity index (χ4n) is 2.26. The smallest absolute Gasteiger partial charge is 0.225 e. The summed E-state index contributed by atoms with van der Waals surface area (Å²) in [6.45, 7) is 7.78. The average Bonchev–Trinajstić information content (AvgIpc) is 2.61. The van der Waals surface area contributed by atoms with Gasteiger partial charge in [-0.25, -0.2) is 4.39 Å². The lowest BCUT2D eigenvalue weighted by atomic mass is 9.95. The molecule has 0 bridgehead atoms. The van der Waals surface area contributed by atoms with E-state index in [4.69, 9.17) is 10.1 Å². The van der Waals surface area contributed by atoms with E-state index >= 15 is 0 Å². The molecular formula is C21H26FN3O2. The van der Waals surface area contributed by atoms with E-state index in [2.05, 4.69) is 10.6 Å². The van der Waals surface area contributed by atoms with Crippen molar-refractivity contribution in [3.05, 3.63) is 53.8 Å². The summed E-state index contributed by atoms with van der Waals surface area (Å²) >= 11 is 0. The number of carbonyl (C=O) groups is 1. The summed E-state index contributed by atoms with van der Waals surface area (Å²) in [4.78, 5) is 12.0. The van der Waals surface area contributed by atoms with Crippen molar-refractivity contribution in [2.45, 2.75) is 33.7 Å². The van der Waals surface area contributed by atoms with E-state index < -0.39 is 5.41 Å². The number of benzene rings is 2. The van der Waals surface area contributed by atoms with E-state index in [9.17, 15) is 9.18 Å². The van der Waals surface area contributed by atoms with Crippen LogP contribution < -0.4 is 15.4 Å². The number of ether oxygens (including phenoxy) is 1. The first-order chi connectivity index (χ1) is 12.7. The third kappa shape index (κ3) is 6.09. The fourth-order valence-corrected chi connectivity index (χ4v) is 2.26. The molecule has 0 radical (unpaired) electrons. The minimum atomic E-state index is -0.449. The van der Waals surface area contributed by atoms with Crippen LogP contribution in [0.15, 0.2) is 42.5 Å². The van der Waals surface area contributed by atoms with Crippen LogP contribution in [0.25, 0.3) is 0 Å². The van der Waals surface area contributed by atoms with E-state index in [1.165, 1.54) is 18.3 Å². The minimum absolute atomic E-state index is 0.0300. The molecule has 144 valence electrons. The van der Waals surface area contributed by atoms with Crippen molar-refractivity contribution in [2.75, 3.05) is 11.9 Å². The first-order valence-corrected chi connectivity index (χ1v) is 8.80.